The summed E-state index contributed by atoms with van der Waals surface area (Å²) in [5, 5.41) is 17.5. The smallest absolute Gasteiger partial charge is 0.326 e. The molecule has 0 fully saturated rings. The minimum Gasteiger partial charge on any atom is -0.480 e. The zero-order valence-electron chi connectivity index (χ0n) is 21.6. The number of nitrogens with two attached hydrogens (primary N) is 2. The Morgan fingerprint density at radius 2 is 1.46 bits per heavy atom. The lowest BCUT2D eigenvalue weighted by molar-refractivity contribution is -0.142. The van der Waals surface area contributed by atoms with Gasteiger partial charge in [-0.1, -0.05) is 44.2 Å². The maximum atomic E-state index is 13.1. The largest absolute Gasteiger partial charge is 0.480 e. The monoisotopic (exact) mass is 537 g/mol. The summed E-state index contributed by atoms with van der Waals surface area (Å²) in [6.07, 6.45) is 2.44. The van der Waals surface area contributed by atoms with Crippen LogP contribution in [0, 0.1) is 5.92 Å². The second kappa shape index (κ2) is 16.6. The maximum absolute atomic E-state index is 13.1. The molecule has 1 rings (SSSR count). The van der Waals surface area contributed by atoms with E-state index in [9.17, 15) is 29.1 Å². The van der Waals surface area contributed by atoms with Crippen molar-refractivity contribution in [2.45, 2.75) is 70.1 Å². The number of rotatable bonds is 17. The molecule has 12 heteroatoms. The van der Waals surface area contributed by atoms with E-state index < -0.39 is 53.8 Å². The Balaban J connectivity index is 2.96. The summed E-state index contributed by atoms with van der Waals surface area (Å²) >= 11 is 1.47. The molecule has 4 amide bonds. The number of thioether (sulfide) groups is 1. The number of nitrogens with one attached hydrogen (secondary N) is 3. The highest BCUT2D eigenvalue weighted by molar-refractivity contribution is 7.98. The summed E-state index contributed by atoms with van der Waals surface area (Å²) in [6, 6.07) is 4.70. The third-order valence-corrected chi connectivity index (χ3v) is 6.16. The zero-order chi connectivity index (χ0) is 28.0. The Bertz CT molecular complexity index is 914. The molecule has 4 atom stereocenters. The van der Waals surface area contributed by atoms with Crippen molar-refractivity contribution in [3.63, 3.8) is 0 Å². The molecular formula is C25H39N5O6S. The number of benzene rings is 1. The lowest BCUT2D eigenvalue weighted by Gasteiger charge is -2.26. The number of carbonyl (C=O) groups excluding carboxylic acids is 4. The first kappa shape index (κ1) is 31.9. The second-order valence-electron chi connectivity index (χ2n) is 9.23. The molecule has 11 nitrogen and oxygen atoms in total. The summed E-state index contributed by atoms with van der Waals surface area (Å²) in [5.74, 6) is -3.04. The van der Waals surface area contributed by atoms with Gasteiger partial charge in [0.15, 0.2) is 0 Å². The zero-order valence-corrected chi connectivity index (χ0v) is 22.4. The lowest BCUT2D eigenvalue weighted by Crippen LogP contribution is -2.57. The average molecular weight is 538 g/mol. The van der Waals surface area contributed by atoms with Crippen LogP contribution in [0.1, 0.15) is 45.1 Å². The predicted molar refractivity (Wildman–Crippen MR) is 142 cm³/mol. The molecule has 8 N–H and O–H groups in total. The van der Waals surface area contributed by atoms with Gasteiger partial charge >= 0.3 is 5.97 Å². The van der Waals surface area contributed by atoms with Gasteiger partial charge in [-0.25, -0.2) is 4.79 Å². The molecular weight excluding hydrogens is 498 g/mol. The van der Waals surface area contributed by atoms with E-state index in [-0.39, 0.29) is 38.0 Å². The first-order chi connectivity index (χ1) is 17.4. The van der Waals surface area contributed by atoms with Crippen LogP contribution in [0.15, 0.2) is 30.3 Å². The van der Waals surface area contributed by atoms with Gasteiger partial charge < -0.3 is 32.5 Å². The lowest BCUT2D eigenvalue weighted by atomic mass is 10.0. The van der Waals surface area contributed by atoms with Crippen molar-refractivity contribution in [1.29, 1.82) is 0 Å². The molecule has 1 aromatic rings. The van der Waals surface area contributed by atoms with E-state index in [1.165, 1.54) is 11.8 Å². The Hall–Kier alpha value is -3.12. The van der Waals surface area contributed by atoms with Gasteiger partial charge in [0.1, 0.15) is 18.1 Å². The van der Waals surface area contributed by atoms with Crippen molar-refractivity contribution in [2.75, 3.05) is 12.0 Å². The summed E-state index contributed by atoms with van der Waals surface area (Å²) in [6.45, 7) is 3.75. The standard InChI is InChI=1S/C25H39N5O6S/c1-15(2)13-19(29-22(32)17(26)9-10-21(27)31)24(34)28-18(11-12-37-3)23(33)30-20(25(35)36)14-16-7-5-4-6-8-16/h4-8,15,17-20H,9-14,26H2,1-3H3,(H2,27,31)(H,28,34)(H,29,32)(H,30,33)(H,35,36). The normalized spacial score (nSPS) is 14.2. The molecule has 37 heavy (non-hydrogen) atoms. The van der Waals surface area contributed by atoms with E-state index in [0.717, 1.165) is 5.56 Å². The Kier molecular flexibility index (Phi) is 14.3. The van der Waals surface area contributed by atoms with E-state index in [1.807, 2.05) is 26.2 Å². The number of amides is 4. The molecule has 0 aliphatic heterocycles. The van der Waals surface area contributed by atoms with Gasteiger partial charge in [0.2, 0.25) is 23.6 Å². The number of aliphatic carboxylic acids is 1. The molecule has 4 unspecified atom stereocenters. The molecule has 0 aliphatic carbocycles. The number of carboxylic acid groups (broad SMARTS) is 1. The van der Waals surface area contributed by atoms with Crippen LogP contribution in [-0.2, 0) is 30.4 Å². The first-order valence-corrected chi connectivity index (χ1v) is 13.5. The Morgan fingerprint density at radius 1 is 0.892 bits per heavy atom. The fraction of sp³-hybridized carbons (Fsp3) is 0.560. The number of carbonyl (C=O) groups is 5. The maximum Gasteiger partial charge on any atom is 0.326 e. The van der Waals surface area contributed by atoms with Gasteiger partial charge in [0, 0.05) is 12.8 Å². The fourth-order valence-corrected chi connectivity index (χ4v) is 3.98. The molecule has 0 saturated carbocycles. The minimum absolute atomic E-state index is 0.0265. The highest BCUT2D eigenvalue weighted by Gasteiger charge is 2.30. The van der Waals surface area contributed by atoms with Gasteiger partial charge in [-0.15, -0.1) is 0 Å². The quantitative estimate of drug-likeness (QED) is 0.162. The van der Waals surface area contributed by atoms with Crippen molar-refractivity contribution in [3.05, 3.63) is 35.9 Å². The second-order valence-corrected chi connectivity index (χ2v) is 10.2. The molecule has 0 aromatic heterocycles. The molecule has 0 aliphatic rings. The van der Waals surface area contributed by atoms with E-state index >= 15 is 0 Å². The highest BCUT2D eigenvalue weighted by Crippen LogP contribution is 2.09. The first-order valence-electron chi connectivity index (χ1n) is 12.1. The third-order valence-electron chi connectivity index (χ3n) is 5.52. The van der Waals surface area contributed by atoms with Crippen LogP contribution in [0.25, 0.3) is 0 Å². The van der Waals surface area contributed by atoms with E-state index in [1.54, 1.807) is 24.3 Å². The van der Waals surface area contributed by atoms with Crippen molar-refractivity contribution < 1.29 is 29.1 Å². The number of hydrogen-bond donors (Lipinski definition) is 6. The summed E-state index contributed by atoms with van der Waals surface area (Å²) in [5.41, 5.74) is 11.7. The average Bonchev–Trinajstić information content (AvgIpc) is 2.84. The van der Waals surface area contributed by atoms with Crippen LogP contribution < -0.4 is 27.4 Å². The van der Waals surface area contributed by atoms with E-state index in [2.05, 4.69) is 16.0 Å². The number of primary amides is 1. The fourth-order valence-electron chi connectivity index (χ4n) is 3.51. The molecule has 0 heterocycles. The van der Waals surface area contributed by atoms with E-state index in [4.69, 9.17) is 11.5 Å². The topological polar surface area (TPSA) is 194 Å². The molecule has 0 radical (unpaired) electrons. The SMILES string of the molecule is CSCCC(NC(=O)C(CC(C)C)NC(=O)C(N)CCC(N)=O)C(=O)NC(Cc1ccccc1)C(=O)O. The number of carboxylic acids is 1. The molecule has 1 aromatic carbocycles. The van der Waals surface area contributed by atoms with Crippen LogP contribution in [0.5, 0.6) is 0 Å². The Morgan fingerprint density at radius 3 is 2.00 bits per heavy atom. The van der Waals surface area contributed by atoms with Crippen LogP contribution in [0.4, 0.5) is 0 Å². The van der Waals surface area contributed by atoms with Crippen LogP contribution in [-0.4, -0.2) is 70.9 Å². The van der Waals surface area contributed by atoms with Crippen LogP contribution in [0.3, 0.4) is 0 Å². The predicted octanol–water partition coefficient (Wildman–Crippen LogP) is 0.160. The van der Waals surface area contributed by atoms with Gasteiger partial charge in [0.25, 0.3) is 0 Å². The van der Waals surface area contributed by atoms with Gasteiger partial charge in [-0.3, -0.25) is 19.2 Å². The van der Waals surface area contributed by atoms with Gasteiger partial charge in [-0.05, 0) is 42.8 Å². The van der Waals surface area contributed by atoms with Crippen molar-refractivity contribution in [1.82, 2.24) is 16.0 Å². The summed E-state index contributed by atoms with van der Waals surface area (Å²) in [4.78, 5) is 61.5. The minimum atomic E-state index is -1.19. The molecule has 206 valence electrons. The van der Waals surface area contributed by atoms with Gasteiger partial charge in [0.05, 0.1) is 6.04 Å². The number of hydrogen-bond acceptors (Lipinski definition) is 7. The van der Waals surface area contributed by atoms with Crippen LogP contribution >= 0.6 is 11.8 Å². The van der Waals surface area contributed by atoms with Crippen LogP contribution in [0.2, 0.25) is 0 Å². The highest BCUT2D eigenvalue weighted by atomic mass is 32.2. The van der Waals surface area contributed by atoms with Gasteiger partial charge in [-0.2, -0.15) is 11.8 Å². The Labute approximate surface area is 221 Å². The molecule has 0 bridgehead atoms. The summed E-state index contributed by atoms with van der Waals surface area (Å²) < 4.78 is 0. The van der Waals surface area contributed by atoms with Crippen molar-refractivity contribution in [3.8, 4) is 0 Å². The van der Waals surface area contributed by atoms with Crippen molar-refractivity contribution >= 4 is 41.4 Å². The third kappa shape index (κ3) is 12.6. The molecule has 0 saturated heterocycles. The summed E-state index contributed by atoms with van der Waals surface area (Å²) in [7, 11) is 0. The van der Waals surface area contributed by atoms with E-state index in [0.29, 0.717) is 5.75 Å². The van der Waals surface area contributed by atoms with Crippen molar-refractivity contribution in [2.24, 2.45) is 17.4 Å². The molecule has 0 spiro atoms.